The van der Waals surface area contributed by atoms with Crippen molar-refractivity contribution in [3.8, 4) is 90.8 Å². The minimum Gasteiger partial charge on any atom is -0.265 e. The molecule has 4 aromatic heterocycles. The molecule has 0 aliphatic carbocycles. The van der Waals surface area contributed by atoms with Crippen LogP contribution in [0.3, 0.4) is 0 Å². The Morgan fingerprint density at radius 3 is 0.917 bits per heavy atom. The Bertz CT molecular complexity index is 2820. The standard InChI is InChI=1S/C50H40N10/c1-31(2)42-52-43(32(3)4)54-47(53-42)37-20-22-38(23-21-37)48-56-46(36-18-12-7-13-19-36)59-50(60-48)41-29-39(33-24-26-51-27-25-33)28-40(30-41)49-57-44(34-14-8-5-9-15-34)55-45(58-49)35-16-10-6-11-17-35/h5-32H,1-4H3. The second-order valence-corrected chi connectivity index (χ2v) is 15.0. The molecular formula is C50H40N10. The number of hydrogen-bond donors (Lipinski definition) is 0. The van der Waals surface area contributed by atoms with Crippen LogP contribution in [0.1, 0.15) is 51.2 Å². The maximum Gasteiger partial charge on any atom is 0.164 e. The van der Waals surface area contributed by atoms with E-state index in [0.29, 0.717) is 40.8 Å². The Hall–Kier alpha value is -7.72. The molecule has 5 aromatic carbocycles. The third-order valence-corrected chi connectivity index (χ3v) is 9.93. The molecule has 0 atom stereocenters. The Morgan fingerprint density at radius 2 is 0.567 bits per heavy atom. The van der Waals surface area contributed by atoms with Gasteiger partial charge in [0.1, 0.15) is 11.6 Å². The second kappa shape index (κ2) is 16.6. The van der Waals surface area contributed by atoms with Gasteiger partial charge in [-0.1, -0.05) is 143 Å². The molecule has 0 N–H and O–H groups in total. The quantitative estimate of drug-likeness (QED) is 0.132. The zero-order valence-electron chi connectivity index (χ0n) is 33.6. The molecule has 0 spiro atoms. The molecule has 0 fully saturated rings. The van der Waals surface area contributed by atoms with Crippen LogP contribution in [0.4, 0.5) is 0 Å². The molecule has 4 heterocycles. The van der Waals surface area contributed by atoms with Crippen molar-refractivity contribution >= 4 is 0 Å². The Balaban J connectivity index is 1.21. The smallest absolute Gasteiger partial charge is 0.164 e. The van der Waals surface area contributed by atoms with E-state index in [1.807, 2.05) is 133 Å². The monoisotopic (exact) mass is 780 g/mol. The summed E-state index contributed by atoms with van der Waals surface area (Å²) in [6, 6.07) is 48.1. The highest BCUT2D eigenvalue weighted by Gasteiger charge is 2.19. The average Bonchev–Trinajstić information content (AvgIpc) is 3.32. The minimum atomic E-state index is 0.170. The highest BCUT2D eigenvalue weighted by atomic mass is 15.1. The summed E-state index contributed by atoms with van der Waals surface area (Å²) in [5, 5.41) is 0. The van der Waals surface area contributed by atoms with Crippen molar-refractivity contribution in [2.45, 2.75) is 39.5 Å². The summed E-state index contributed by atoms with van der Waals surface area (Å²) in [6.07, 6.45) is 3.57. The summed E-state index contributed by atoms with van der Waals surface area (Å²) in [5.41, 5.74) is 7.82. The summed E-state index contributed by atoms with van der Waals surface area (Å²) in [6.45, 7) is 8.38. The zero-order valence-corrected chi connectivity index (χ0v) is 33.6. The fraction of sp³-hybridized carbons (Fsp3) is 0.120. The molecule has 0 aliphatic heterocycles. The van der Waals surface area contributed by atoms with Crippen LogP contribution in [-0.2, 0) is 0 Å². The Labute approximate surface area is 348 Å². The van der Waals surface area contributed by atoms with Gasteiger partial charge in [-0.2, -0.15) is 0 Å². The lowest BCUT2D eigenvalue weighted by Gasteiger charge is -2.13. The predicted molar refractivity (Wildman–Crippen MR) is 236 cm³/mol. The third-order valence-electron chi connectivity index (χ3n) is 9.93. The van der Waals surface area contributed by atoms with Crippen LogP contribution in [0.5, 0.6) is 0 Å². The molecule has 10 heteroatoms. The Morgan fingerprint density at radius 1 is 0.267 bits per heavy atom. The van der Waals surface area contributed by atoms with E-state index in [1.165, 1.54) is 0 Å². The number of hydrogen-bond acceptors (Lipinski definition) is 10. The van der Waals surface area contributed by atoms with Gasteiger partial charge in [0.25, 0.3) is 0 Å². The van der Waals surface area contributed by atoms with Gasteiger partial charge in [-0.15, -0.1) is 0 Å². The van der Waals surface area contributed by atoms with E-state index in [-0.39, 0.29) is 11.8 Å². The van der Waals surface area contributed by atoms with Crippen molar-refractivity contribution in [3.05, 3.63) is 170 Å². The number of benzene rings is 5. The van der Waals surface area contributed by atoms with E-state index < -0.39 is 0 Å². The SMILES string of the molecule is CC(C)c1nc(-c2ccc(-c3nc(-c4ccccc4)nc(-c4cc(-c5ccncc5)cc(-c5nc(-c6ccccc6)nc(-c6ccccc6)n5)c4)n3)cc2)nc(C(C)C)n1. The van der Waals surface area contributed by atoms with Gasteiger partial charge < -0.3 is 0 Å². The van der Waals surface area contributed by atoms with Crippen LogP contribution >= 0.6 is 0 Å². The number of pyridine rings is 1. The minimum absolute atomic E-state index is 0.170. The van der Waals surface area contributed by atoms with Crippen molar-refractivity contribution < 1.29 is 0 Å². The van der Waals surface area contributed by atoms with Crippen LogP contribution < -0.4 is 0 Å². The van der Waals surface area contributed by atoms with Crippen LogP contribution in [0.2, 0.25) is 0 Å². The number of rotatable bonds is 10. The molecule has 290 valence electrons. The van der Waals surface area contributed by atoms with Gasteiger partial charge in [0.2, 0.25) is 0 Å². The lowest BCUT2D eigenvalue weighted by atomic mass is 9.99. The highest BCUT2D eigenvalue weighted by Crippen LogP contribution is 2.34. The van der Waals surface area contributed by atoms with Gasteiger partial charge >= 0.3 is 0 Å². The maximum absolute atomic E-state index is 5.15. The number of aromatic nitrogens is 10. The molecule has 0 aliphatic rings. The van der Waals surface area contributed by atoms with Gasteiger partial charge in [-0.05, 0) is 41.5 Å². The van der Waals surface area contributed by atoms with E-state index in [2.05, 4.69) is 44.8 Å². The molecule has 0 amide bonds. The first-order valence-electron chi connectivity index (χ1n) is 20.0. The maximum atomic E-state index is 5.15. The normalized spacial score (nSPS) is 11.3. The average molecular weight is 781 g/mol. The summed E-state index contributed by atoms with van der Waals surface area (Å²) >= 11 is 0. The molecule has 0 bridgehead atoms. The number of nitrogens with zero attached hydrogens (tertiary/aromatic N) is 10. The molecule has 10 nitrogen and oxygen atoms in total. The topological polar surface area (TPSA) is 129 Å². The van der Waals surface area contributed by atoms with Gasteiger partial charge in [0.05, 0.1) is 0 Å². The Kier molecular flexibility index (Phi) is 10.5. The van der Waals surface area contributed by atoms with Gasteiger partial charge in [-0.25, -0.2) is 44.9 Å². The van der Waals surface area contributed by atoms with Crippen molar-refractivity contribution in [1.29, 1.82) is 0 Å². The van der Waals surface area contributed by atoms with Gasteiger partial charge in [-0.3, -0.25) is 4.98 Å². The zero-order chi connectivity index (χ0) is 41.0. The van der Waals surface area contributed by atoms with Gasteiger partial charge in [0, 0.05) is 63.2 Å². The molecule has 0 saturated heterocycles. The molecule has 9 rings (SSSR count). The van der Waals surface area contributed by atoms with Crippen molar-refractivity contribution in [2.24, 2.45) is 0 Å². The summed E-state index contributed by atoms with van der Waals surface area (Å²) in [4.78, 5) is 49.0. The largest absolute Gasteiger partial charge is 0.265 e. The van der Waals surface area contributed by atoms with Crippen LogP contribution in [0.15, 0.2) is 158 Å². The van der Waals surface area contributed by atoms with Crippen molar-refractivity contribution in [3.63, 3.8) is 0 Å². The van der Waals surface area contributed by atoms with Gasteiger partial charge in [0.15, 0.2) is 40.8 Å². The molecular weight excluding hydrogens is 741 g/mol. The van der Waals surface area contributed by atoms with E-state index in [9.17, 15) is 0 Å². The fourth-order valence-electron chi connectivity index (χ4n) is 6.71. The fourth-order valence-corrected chi connectivity index (χ4v) is 6.71. The molecule has 0 radical (unpaired) electrons. The first kappa shape index (κ1) is 37.8. The van der Waals surface area contributed by atoms with E-state index in [1.54, 1.807) is 12.4 Å². The van der Waals surface area contributed by atoms with Crippen molar-refractivity contribution in [1.82, 2.24) is 49.8 Å². The third kappa shape index (κ3) is 8.17. The van der Waals surface area contributed by atoms with E-state index >= 15 is 0 Å². The molecule has 60 heavy (non-hydrogen) atoms. The summed E-state index contributed by atoms with van der Waals surface area (Å²) in [5.74, 6) is 5.79. The van der Waals surface area contributed by atoms with Crippen LogP contribution in [0.25, 0.3) is 90.8 Å². The lowest BCUT2D eigenvalue weighted by Crippen LogP contribution is -2.08. The first-order chi connectivity index (χ1) is 29.3. The molecule has 0 saturated carbocycles. The second-order valence-electron chi connectivity index (χ2n) is 15.0. The van der Waals surface area contributed by atoms with E-state index in [4.69, 9.17) is 44.9 Å². The first-order valence-corrected chi connectivity index (χ1v) is 20.0. The molecule has 9 aromatic rings. The lowest BCUT2D eigenvalue weighted by molar-refractivity contribution is 0.697. The van der Waals surface area contributed by atoms with Crippen molar-refractivity contribution in [2.75, 3.05) is 0 Å². The molecule has 0 unspecified atom stereocenters. The van der Waals surface area contributed by atoms with Crippen LogP contribution in [0, 0.1) is 0 Å². The predicted octanol–water partition coefficient (Wildman–Crippen LogP) is 11.2. The van der Waals surface area contributed by atoms with Crippen LogP contribution in [-0.4, -0.2) is 49.8 Å². The summed E-state index contributed by atoms with van der Waals surface area (Å²) in [7, 11) is 0. The highest BCUT2D eigenvalue weighted by molar-refractivity contribution is 5.79. The van der Waals surface area contributed by atoms with E-state index in [0.717, 1.165) is 61.7 Å². The summed E-state index contributed by atoms with van der Waals surface area (Å²) < 4.78 is 0.